The van der Waals surface area contributed by atoms with Crippen molar-refractivity contribution in [2.45, 2.75) is 19.4 Å². The molecule has 0 aromatic heterocycles. The summed E-state index contributed by atoms with van der Waals surface area (Å²) in [4.78, 5) is 21.8. The Morgan fingerprint density at radius 3 is 2.77 bits per heavy atom. The Hall–Kier alpha value is -1.10. The normalized spacial score (nSPS) is 27.2. The van der Waals surface area contributed by atoms with E-state index in [4.69, 9.17) is 5.73 Å². The first-order chi connectivity index (χ1) is 6.11. The lowest BCUT2D eigenvalue weighted by Gasteiger charge is -2.14. The molecule has 2 amide bonds. The van der Waals surface area contributed by atoms with Gasteiger partial charge in [-0.25, -0.2) is 0 Å². The van der Waals surface area contributed by atoms with E-state index in [1.54, 1.807) is 0 Å². The third-order valence-corrected chi connectivity index (χ3v) is 2.25. The van der Waals surface area contributed by atoms with Gasteiger partial charge in [0, 0.05) is 0 Å². The van der Waals surface area contributed by atoms with Crippen LogP contribution < -0.4 is 16.4 Å². The predicted molar refractivity (Wildman–Crippen MR) is 47.8 cm³/mol. The molecule has 0 aliphatic carbocycles. The first-order valence-corrected chi connectivity index (χ1v) is 4.40. The van der Waals surface area contributed by atoms with E-state index in [1.807, 2.05) is 6.92 Å². The van der Waals surface area contributed by atoms with Gasteiger partial charge in [0.25, 0.3) is 0 Å². The van der Waals surface area contributed by atoms with Gasteiger partial charge >= 0.3 is 0 Å². The van der Waals surface area contributed by atoms with Gasteiger partial charge in [0.2, 0.25) is 11.8 Å². The molecule has 0 bridgehead atoms. The van der Waals surface area contributed by atoms with Crippen LogP contribution in [0.25, 0.3) is 0 Å². The SMILES string of the molecule is CC1CCNC1C(=O)NCC(N)=O. The van der Waals surface area contributed by atoms with Crippen molar-refractivity contribution in [3.8, 4) is 0 Å². The standard InChI is InChI=1S/C8H15N3O2/c1-5-2-3-10-7(5)8(13)11-4-6(9)12/h5,7,10H,2-4H2,1H3,(H2,9,12)(H,11,13). The van der Waals surface area contributed by atoms with Gasteiger partial charge in [-0.2, -0.15) is 0 Å². The third-order valence-electron chi connectivity index (χ3n) is 2.25. The fourth-order valence-corrected chi connectivity index (χ4v) is 1.47. The molecule has 2 unspecified atom stereocenters. The van der Waals surface area contributed by atoms with Crippen LogP contribution >= 0.6 is 0 Å². The van der Waals surface area contributed by atoms with Crippen LogP contribution in [0.4, 0.5) is 0 Å². The van der Waals surface area contributed by atoms with Gasteiger partial charge in [0.15, 0.2) is 0 Å². The average molecular weight is 185 g/mol. The Morgan fingerprint density at radius 1 is 1.62 bits per heavy atom. The third kappa shape index (κ3) is 2.69. The van der Waals surface area contributed by atoms with Gasteiger partial charge < -0.3 is 16.4 Å². The summed E-state index contributed by atoms with van der Waals surface area (Å²) in [5.41, 5.74) is 4.90. The molecule has 5 heteroatoms. The number of nitrogens with two attached hydrogens (primary N) is 1. The Kier molecular flexibility index (Phi) is 3.25. The van der Waals surface area contributed by atoms with E-state index in [0.29, 0.717) is 5.92 Å². The van der Waals surface area contributed by atoms with Gasteiger partial charge in [-0.05, 0) is 18.9 Å². The molecule has 0 saturated carbocycles. The summed E-state index contributed by atoms with van der Waals surface area (Å²) in [6.07, 6.45) is 0.995. The molecule has 1 fully saturated rings. The lowest BCUT2D eigenvalue weighted by Crippen LogP contribution is -2.45. The molecule has 74 valence electrons. The maximum atomic E-state index is 11.4. The molecule has 1 rings (SSSR count). The van der Waals surface area contributed by atoms with Crippen LogP contribution in [-0.4, -0.2) is 30.9 Å². The molecule has 2 atom stereocenters. The van der Waals surface area contributed by atoms with Crippen molar-refractivity contribution in [2.24, 2.45) is 11.7 Å². The predicted octanol–water partition coefficient (Wildman–Crippen LogP) is -1.41. The summed E-state index contributed by atoms with van der Waals surface area (Å²) < 4.78 is 0. The number of rotatable bonds is 3. The molecule has 0 radical (unpaired) electrons. The number of hydrogen-bond acceptors (Lipinski definition) is 3. The molecular formula is C8H15N3O2. The number of primary amides is 1. The molecule has 0 aromatic carbocycles. The first kappa shape index (κ1) is 9.98. The zero-order valence-electron chi connectivity index (χ0n) is 7.67. The maximum Gasteiger partial charge on any atom is 0.237 e. The molecular weight excluding hydrogens is 170 g/mol. The smallest absolute Gasteiger partial charge is 0.237 e. The van der Waals surface area contributed by atoms with Crippen LogP contribution in [0.5, 0.6) is 0 Å². The van der Waals surface area contributed by atoms with E-state index in [-0.39, 0.29) is 18.5 Å². The van der Waals surface area contributed by atoms with Gasteiger partial charge in [-0.1, -0.05) is 6.92 Å². The summed E-state index contributed by atoms with van der Waals surface area (Å²) in [5, 5.41) is 5.54. The van der Waals surface area contributed by atoms with Crippen molar-refractivity contribution in [3.63, 3.8) is 0 Å². The van der Waals surface area contributed by atoms with Crippen molar-refractivity contribution in [1.29, 1.82) is 0 Å². The van der Waals surface area contributed by atoms with Gasteiger partial charge in [-0.3, -0.25) is 9.59 Å². The lowest BCUT2D eigenvalue weighted by molar-refractivity contribution is -0.126. The summed E-state index contributed by atoms with van der Waals surface area (Å²) in [6.45, 7) is 2.79. The maximum absolute atomic E-state index is 11.4. The summed E-state index contributed by atoms with van der Waals surface area (Å²) in [6, 6.07) is -0.167. The largest absolute Gasteiger partial charge is 0.368 e. The highest BCUT2D eigenvalue weighted by atomic mass is 16.2. The van der Waals surface area contributed by atoms with Crippen LogP contribution in [0.15, 0.2) is 0 Å². The Morgan fingerprint density at radius 2 is 2.31 bits per heavy atom. The quantitative estimate of drug-likeness (QED) is 0.505. The van der Waals surface area contributed by atoms with Crippen LogP contribution in [0.1, 0.15) is 13.3 Å². The van der Waals surface area contributed by atoms with Crippen LogP contribution in [0.3, 0.4) is 0 Å². The van der Waals surface area contributed by atoms with Crippen molar-refractivity contribution >= 4 is 11.8 Å². The molecule has 4 N–H and O–H groups in total. The minimum atomic E-state index is -0.515. The molecule has 1 aliphatic rings. The van der Waals surface area contributed by atoms with Crippen molar-refractivity contribution < 1.29 is 9.59 Å². The zero-order valence-corrected chi connectivity index (χ0v) is 7.67. The number of carbonyl (C=O) groups is 2. The minimum absolute atomic E-state index is 0.0796. The van der Waals surface area contributed by atoms with Crippen molar-refractivity contribution in [2.75, 3.05) is 13.1 Å². The molecule has 5 nitrogen and oxygen atoms in total. The van der Waals surface area contributed by atoms with E-state index < -0.39 is 5.91 Å². The highest BCUT2D eigenvalue weighted by molar-refractivity contribution is 5.87. The molecule has 1 heterocycles. The summed E-state index contributed by atoms with van der Waals surface area (Å²) >= 11 is 0. The Balaban J connectivity index is 2.34. The number of carbonyl (C=O) groups excluding carboxylic acids is 2. The zero-order chi connectivity index (χ0) is 9.84. The second kappa shape index (κ2) is 4.23. The number of hydrogen-bond donors (Lipinski definition) is 3. The molecule has 1 aliphatic heterocycles. The summed E-state index contributed by atoms with van der Waals surface area (Å²) in [5.74, 6) is -0.323. The fourth-order valence-electron chi connectivity index (χ4n) is 1.47. The first-order valence-electron chi connectivity index (χ1n) is 4.40. The van der Waals surface area contributed by atoms with Crippen LogP contribution in [0.2, 0.25) is 0 Å². The van der Waals surface area contributed by atoms with Crippen LogP contribution in [-0.2, 0) is 9.59 Å². The Bertz CT molecular complexity index is 217. The van der Waals surface area contributed by atoms with E-state index in [0.717, 1.165) is 13.0 Å². The molecule has 1 saturated heterocycles. The summed E-state index contributed by atoms with van der Waals surface area (Å²) in [7, 11) is 0. The second-order valence-corrected chi connectivity index (χ2v) is 3.38. The number of nitrogens with one attached hydrogen (secondary N) is 2. The molecule has 0 aromatic rings. The van der Waals surface area contributed by atoms with Gasteiger partial charge in [0.1, 0.15) is 0 Å². The number of amides is 2. The molecule has 13 heavy (non-hydrogen) atoms. The highest BCUT2D eigenvalue weighted by Crippen LogP contribution is 2.13. The lowest BCUT2D eigenvalue weighted by atomic mass is 10.0. The van der Waals surface area contributed by atoms with E-state index in [9.17, 15) is 9.59 Å². The van der Waals surface area contributed by atoms with E-state index in [2.05, 4.69) is 10.6 Å². The van der Waals surface area contributed by atoms with Crippen molar-refractivity contribution in [3.05, 3.63) is 0 Å². The van der Waals surface area contributed by atoms with Gasteiger partial charge in [-0.15, -0.1) is 0 Å². The fraction of sp³-hybridized carbons (Fsp3) is 0.750. The van der Waals surface area contributed by atoms with E-state index >= 15 is 0 Å². The second-order valence-electron chi connectivity index (χ2n) is 3.38. The van der Waals surface area contributed by atoms with E-state index in [1.165, 1.54) is 0 Å². The monoisotopic (exact) mass is 185 g/mol. The Labute approximate surface area is 77.1 Å². The van der Waals surface area contributed by atoms with Crippen molar-refractivity contribution in [1.82, 2.24) is 10.6 Å². The van der Waals surface area contributed by atoms with Crippen LogP contribution in [0, 0.1) is 5.92 Å². The highest BCUT2D eigenvalue weighted by Gasteiger charge is 2.28. The average Bonchev–Trinajstić information content (AvgIpc) is 2.47. The topological polar surface area (TPSA) is 84.2 Å². The van der Waals surface area contributed by atoms with Gasteiger partial charge in [0.05, 0.1) is 12.6 Å². The molecule has 0 spiro atoms. The minimum Gasteiger partial charge on any atom is -0.368 e.